The summed E-state index contributed by atoms with van der Waals surface area (Å²) in [4.78, 5) is 13.0. The van der Waals surface area contributed by atoms with Gasteiger partial charge in [0.1, 0.15) is 0 Å². The van der Waals surface area contributed by atoms with Gasteiger partial charge in [-0.15, -0.1) is 11.3 Å². The Morgan fingerprint density at radius 3 is 2.86 bits per heavy atom. The highest BCUT2D eigenvalue weighted by Gasteiger charge is 2.30. The Morgan fingerprint density at radius 2 is 2.17 bits per heavy atom. The molecule has 0 aliphatic carbocycles. The molecule has 0 spiro atoms. The number of aromatic nitrogens is 1. The number of thiazole rings is 1. The van der Waals surface area contributed by atoms with E-state index in [2.05, 4.69) is 59.6 Å². The number of piperidine rings is 1. The minimum Gasteiger partial charge on any atom is -0.357 e. The molecule has 2 atom stereocenters. The van der Waals surface area contributed by atoms with Gasteiger partial charge in [-0.3, -0.25) is 4.90 Å². The van der Waals surface area contributed by atoms with Crippen LogP contribution in [0.1, 0.15) is 46.9 Å². The van der Waals surface area contributed by atoms with Crippen LogP contribution >= 0.6 is 22.9 Å². The first kappa shape index (κ1) is 22.1. The highest BCUT2D eigenvalue weighted by atomic mass is 35.5. The topological polar surface area (TPSA) is 52.6 Å². The summed E-state index contributed by atoms with van der Waals surface area (Å²) < 4.78 is 0. The van der Waals surface area contributed by atoms with E-state index < -0.39 is 0 Å². The number of guanidine groups is 1. The predicted molar refractivity (Wildman–Crippen MR) is 124 cm³/mol. The van der Waals surface area contributed by atoms with E-state index in [9.17, 15) is 0 Å². The molecule has 7 heteroatoms. The Morgan fingerprint density at radius 1 is 1.34 bits per heavy atom. The third-order valence-electron chi connectivity index (χ3n) is 5.45. The zero-order valence-electron chi connectivity index (χ0n) is 17.8. The van der Waals surface area contributed by atoms with E-state index in [1.54, 1.807) is 11.3 Å². The lowest BCUT2D eigenvalue weighted by Crippen LogP contribution is -2.45. The second-order valence-electron chi connectivity index (χ2n) is 7.70. The number of nitrogens with one attached hydrogen (secondary N) is 2. The van der Waals surface area contributed by atoms with Crippen LogP contribution in [0.5, 0.6) is 0 Å². The summed E-state index contributed by atoms with van der Waals surface area (Å²) in [7, 11) is 2.21. The Kier molecular flexibility index (Phi) is 7.92. The molecule has 1 aromatic carbocycles. The van der Waals surface area contributed by atoms with Crippen LogP contribution in [0.15, 0.2) is 29.3 Å². The molecule has 2 N–H and O–H groups in total. The normalized spacial score (nSPS) is 20.7. The van der Waals surface area contributed by atoms with Gasteiger partial charge in [-0.2, -0.15) is 0 Å². The van der Waals surface area contributed by atoms with Gasteiger partial charge in [0.15, 0.2) is 5.96 Å². The molecule has 5 nitrogen and oxygen atoms in total. The first-order valence-corrected chi connectivity index (χ1v) is 11.6. The Balaban J connectivity index is 1.69. The molecule has 0 saturated carbocycles. The molecule has 1 aliphatic heterocycles. The van der Waals surface area contributed by atoms with Crippen molar-refractivity contribution in [2.24, 2.45) is 10.9 Å². The third-order valence-corrected chi connectivity index (χ3v) is 6.75. The van der Waals surface area contributed by atoms with Gasteiger partial charge in [-0.25, -0.2) is 9.98 Å². The zero-order valence-corrected chi connectivity index (χ0v) is 19.4. The van der Waals surface area contributed by atoms with E-state index in [0.717, 1.165) is 41.3 Å². The van der Waals surface area contributed by atoms with Crippen molar-refractivity contribution in [3.63, 3.8) is 0 Å². The van der Waals surface area contributed by atoms with Crippen LogP contribution in [0.4, 0.5) is 0 Å². The molecule has 2 aromatic rings. The molecular weight excluding hydrogens is 402 g/mol. The lowest BCUT2D eigenvalue weighted by Gasteiger charge is -2.40. The van der Waals surface area contributed by atoms with Gasteiger partial charge in [0, 0.05) is 29.0 Å². The second-order valence-corrected chi connectivity index (χ2v) is 9.42. The number of aryl methyl sites for hydroxylation is 2. The fraction of sp³-hybridized carbons (Fsp3) is 0.545. The lowest BCUT2D eigenvalue weighted by atomic mass is 9.85. The highest BCUT2D eigenvalue weighted by Crippen LogP contribution is 2.35. The number of nitrogens with zero attached hydrogens (tertiary/aromatic N) is 3. The number of likely N-dealkylation sites (tertiary alicyclic amines) is 1. The van der Waals surface area contributed by atoms with Crippen LogP contribution in [-0.4, -0.2) is 42.5 Å². The average Bonchev–Trinajstić information content (AvgIpc) is 3.01. The van der Waals surface area contributed by atoms with E-state index in [-0.39, 0.29) is 0 Å². The standard InChI is InChI=1S/C22H32ClN5S/c1-5-24-22(26-14-20-15(2)27-16(3)29-20)25-13-18-9-7-11-28(4)21(18)17-8-6-10-19(23)12-17/h6,8,10,12,18,21H,5,7,9,11,13-14H2,1-4H3,(H2,24,25,26). The predicted octanol–water partition coefficient (Wildman–Crippen LogP) is 4.55. The molecular formula is C22H32ClN5S. The van der Waals surface area contributed by atoms with Crippen LogP contribution < -0.4 is 10.6 Å². The Hall–Kier alpha value is -1.63. The van der Waals surface area contributed by atoms with E-state index in [0.29, 0.717) is 18.5 Å². The number of rotatable bonds is 6. The molecule has 2 heterocycles. The summed E-state index contributed by atoms with van der Waals surface area (Å²) in [6, 6.07) is 8.66. The molecule has 2 unspecified atom stereocenters. The average molecular weight is 434 g/mol. The number of benzene rings is 1. The number of halogens is 1. The van der Waals surface area contributed by atoms with Gasteiger partial charge in [-0.1, -0.05) is 23.7 Å². The molecule has 29 heavy (non-hydrogen) atoms. The molecule has 1 aliphatic rings. The number of aliphatic imine (C=N–C) groups is 1. The summed E-state index contributed by atoms with van der Waals surface area (Å²) in [5.74, 6) is 1.37. The summed E-state index contributed by atoms with van der Waals surface area (Å²) in [6.07, 6.45) is 2.41. The van der Waals surface area contributed by atoms with Crippen molar-refractivity contribution in [1.29, 1.82) is 0 Å². The smallest absolute Gasteiger partial charge is 0.191 e. The van der Waals surface area contributed by atoms with Gasteiger partial charge in [0.05, 0.1) is 17.2 Å². The fourth-order valence-corrected chi connectivity index (χ4v) is 5.19. The molecule has 1 fully saturated rings. The Labute approximate surface area is 183 Å². The van der Waals surface area contributed by atoms with Crippen molar-refractivity contribution in [2.45, 2.75) is 46.2 Å². The largest absolute Gasteiger partial charge is 0.357 e. The van der Waals surface area contributed by atoms with E-state index in [1.165, 1.54) is 23.3 Å². The lowest BCUT2D eigenvalue weighted by molar-refractivity contribution is 0.122. The quantitative estimate of drug-likeness (QED) is 0.518. The summed E-state index contributed by atoms with van der Waals surface area (Å²) in [5, 5.41) is 8.87. The molecule has 3 rings (SSSR count). The van der Waals surface area contributed by atoms with Crippen molar-refractivity contribution >= 4 is 28.9 Å². The van der Waals surface area contributed by atoms with Crippen molar-refractivity contribution in [1.82, 2.24) is 20.5 Å². The molecule has 0 amide bonds. The highest BCUT2D eigenvalue weighted by molar-refractivity contribution is 7.11. The van der Waals surface area contributed by atoms with Crippen LogP contribution in [0, 0.1) is 19.8 Å². The maximum atomic E-state index is 6.27. The third kappa shape index (κ3) is 5.93. The monoisotopic (exact) mass is 433 g/mol. The minimum atomic E-state index is 0.365. The van der Waals surface area contributed by atoms with Crippen molar-refractivity contribution in [3.8, 4) is 0 Å². The maximum absolute atomic E-state index is 6.27. The summed E-state index contributed by atoms with van der Waals surface area (Å²) in [5.41, 5.74) is 2.38. The van der Waals surface area contributed by atoms with E-state index >= 15 is 0 Å². The van der Waals surface area contributed by atoms with Crippen LogP contribution in [-0.2, 0) is 6.54 Å². The van der Waals surface area contributed by atoms with E-state index in [4.69, 9.17) is 16.6 Å². The van der Waals surface area contributed by atoms with Crippen LogP contribution in [0.2, 0.25) is 5.02 Å². The number of hydrogen-bond acceptors (Lipinski definition) is 4. The van der Waals surface area contributed by atoms with Crippen molar-refractivity contribution < 1.29 is 0 Å². The van der Waals surface area contributed by atoms with Gasteiger partial charge in [0.2, 0.25) is 0 Å². The first-order chi connectivity index (χ1) is 14.0. The second kappa shape index (κ2) is 10.4. The molecule has 0 radical (unpaired) electrons. The SMILES string of the molecule is CCNC(=NCc1sc(C)nc1C)NCC1CCCN(C)C1c1cccc(Cl)c1. The zero-order chi connectivity index (χ0) is 20.8. The summed E-state index contributed by atoms with van der Waals surface area (Å²) >= 11 is 8.00. The van der Waals surface area contributed by atoms with Crippen molar-refractivity contribution in [3.05, 3.63) is 50.4 Å². The molecule has 1 aromatic heterocycles. The minimum absolute atomic E-state index is 0.365. The number of hydrogen-bond donors (Lipinski definition) is 2. The van der Waals surface area contributed by atoms with Crippen molar-refractivity contribution in [2.75, 3.05) is 26.7 Å². The van der Waals surface area contributed by atoms with Gasteiger partial charge in [-0.05, 0) is 70.8 Å². The van der Waals surface area contributed by atoms with Gasteiger partial charge in [0.25, 0.3) is 0 Å². The first-order valence-electron chi connectivity index (χ1n) is 10.4. The molecule has 0 bridgehead atoms. The molecule has 1 saturated heterocycles. The van der Waals surface area contributed by atoms with E-state index in [1.807, 2.05) is 13.0 Å². The van der Waals surface area contributed by atoms with Crippen LogP contribution in [0.25, 0.3) is 0 Å². The maximum Gasteiger partial charge on any atom is 0.191 e. The van der Waals surface area contributed by atoms with Gasteiger partial charge >= 0.3 is 0 Å². The fourth-order valence-electron chi connectivity index (χ4n) is 4.13. The Bertz CT molecular complexity index is 834. The molecule has 158 valence electrons. The summed E-state index contributed by atoms with van der Waals surface area (Å²) in [6.45, 7) is 9.71. The van der Waals surface area contributed by atoms with Crippen LogP contribution in [0.3, 0.4) is 0 Å². The van der Waals surface area contributed by atoms with Gasteiger partial charge < -0.3 is 10.6 Å².